The molecule has 0 radical (unpaired) electrons. The van der Waals surface area contributed by atoms with Crippen LogP contribution < -0.4 is 0 Å². The van der Waals surface area contributed by atoms with Gasteiger partial charge in [0.1, 0.15) is 0 Å². The van der Waals surface area contributed by atoms with Crippen LogP contribution in [0.3, 0.4) is 0 Å². The Kier molecular flexibility index (Phi) is 15.0. The highest BCUT2D eigenvalue weighted by atomic mass is 32.2. The van der Waals surface area contributed by atoms with Gasteiger partial charge in [0.25, 0.3) is 0 Å². The fraction of sp³-hybridized carbons (Fsp3) is 0.0182. The van der Waals surface area contributed by atoms with Crippen LogP contribution in [-0.4, -0.2) is 19.9 Å². The molecule has 6 heteroatoms. The molecule has 1 atom stereocenters. The molecule has 538 valence electrons. The van der Waals surface area contributed by atoms with E-state index in [-0.39, 0.29) is 0 Å². The van der Waals surface area contributed by atoms with Gasteiger partial charge >= 0.3 is 0 Å². The summed E-state index contributed by atoms with van der Waals surface area (Å²) in [6.45, 7) is 0. The molecule has 0 fully saturated rings. The topological polar surface area (TPSA) is 51.6 Å². The number of benzene rings is 18. The highest BCUT2D eigenvalue weighted by Crippen LogP contribution is 2.67. The molecule has 2 spiro atoms. The lowest BCUT2D eigenvalue weighted by Crippen LogP contribution is -2.32. The minimum Gasteiger partial charge on any atom is -0.228 e. The molecule has 4 aliphatic rings. The van der Waals surface area contributed by atoms with E-state index in [1.54, 1.807) is 0 Å². The third kappa shape index (κ3) is 10.0. The maximum atomic E-state index is 5.47. The number of aromatic nitrogens is 4. The maximum Gasteiger partial charge on any atom is 0.160 e. The molecule has 2 aliphatic carbocycles. The molecular weight excluding hydrogens is 1440 g/mol. The standard InChI is InChI=1S/C110H66N4S2/c1-4-25-74(26-5-1)97-65-100(113-107(111-97)78-29-8-3-9-30-78)77-51-44-71(45-52-77)81-36-20-41-92-101(81)87-35-17-19-39-90(87)110(92)95-62-58-70-24-12-15-33-85(70)105(95)116-106-88-64-80(55-48-73(88)59-63-96(106)110)67-42-49-76(50-43-67)99-66-98(75-27-6-2-7-28-75)112-108(114-99)79-53-46-72(47-54-79)82-37-21-40-91-102(82)86-34-16-18-38-89(86)109(91)93-60-56-68-22-10-13-31-83(68)103(93)115-104-84-32-14-11-23-69(84)57-61-94(104)109/h1-66H. The molecule has 116 heavy (non-hydrogen) atoms. The SMILES string of the molecule is c1ccc(-c2cc(-c3ccc(-c4cccc5c4-c4ccccc4C54c5ccc6ccccc6c5Sc5c4ccc4ccc(-c6ccc(-c7cc(-c8ccccc8)nc(-c8ccc(-c9cccc%10c9-c9ccccc9C%109c%10ccc%11ccccc%11c%10Sc%10c9ccc9ccccc%109)cc8)n7)cc6)cc54)cc3)nc(-c3ccccc3)n2)cc1. The van der Waals surface area contributed by atoms with Crippen molar-refractivity contribution >= 4 is 66.6 Å². The van der Waals surface area contributed by atoms with Crippen molar-refractivity contribution in [3.8, 4) is 123 Å². The first-order valence-corrected chi connectivity index (χ1v) is 41.3. The Morgan fingerprint density at radius 3 is 0.879 bits per heavy atom. The zero-order chi connectivity index (χ0) is 76.2. The van der Waals surface area contributed by atoms with Gasteiger partial charge in [0.05, 0.1) is 33.6 Å². The monoisotopic (exact) mass is 1510 g/mol. The summed E-state index contributed by atoms with van der Waals surface area (Å²) in [5.41, 5.74) is 30.8. The number of hydrogen-bond acceptors (Lipinski definition) is 6. The van der Waals surface area contributed by atoms with Crippen LogP contribution in [0.4, 0.5) is 0 Å². The first-order chi connectivity index (χ1) is 57.5. The van der Waals surface area contributed by atoms with Crippen molar-refractivity contribution in [2.75, 3.05) is 0 Å². The zero-order valence-corrected chi connectivity index (χ0v) is 64.3. The summed E-state index contributed by atoms with van der Waals surface area (Å²) in [5, 5.41) is 9.99. The summed E-state index contributed by atoms with van der Waals surface area (Å²) >= 11 is 3.87. The van der Waals surface area contributed by atoms with Gasteiger partial charge in [0, 0.05) is 53.0 Å². The Labute approximate surface area is 680 Å². The average molecular weight is 1510 g/mol. The summed E-state index contributed by atoms with van der Waals surface area (Å²) in [6, 6.07) is 148. The lowest BCUT2D eigenvalue weighted by molar-refractivity contribution is 0.729. The lowest BCUT2D eigenvalue weighted by Gasteiger charge is -2.40. The molecule has 0 amide bonds. The number of fused-ring (bicyclic) bond motifs is 26. The van der Waals surface area contributed by atoms with E-state index < -0.39 is 10.8 Å². The predicted molar refractivity (Wildman–Crippen MR) is 479 cm³/mol. The van der Waals surface area contributed by atoms with Gasteiger partial charge in [-0.15, -0.1) is 0 Å². The Morgan fingerprint density at radius 1 is 0.172 bits per heavy atom. The van der Waals surface area contributed by atoms with Gasteiger partial charge < -0.3 is 0 Å². The predicted octanol–water partition coefficient (Wildman–Crippen LogP) is 28.5. The molecular formula is C110H66N4S2. The van der Waals surface area contributed by atoms with Gasteiger partial charge in [-0.05, 0) is 161 Å². The summed E-state index contributed by atoms with van der Waals surface area (Å²) in [7, 11) is 0. The molecule has 0 N–H and O–H groups in total. The Bertz CT molecular complexity index is 7350. The zero-order valence-electron chi connectivity index (χ0n) is 62.7. The van der Waals surface area contributed by atoms with Gasteiger partial charge in [-0.3, -0.25) is 0 Å². The van der Waals surface area contributed by atoms with Crippen LogP contribution in [-0.2, 0) is 10.8 Å². The van der Waals surface area contributed by atoms with Crippen molar-refractivity contribution in [1.29, 1.82) is 0 Å². The molecule has 2 aliphatic heterocycles. The van der Waals surface area contributed by atoms with E-state index in [9.17, 15) is 0 Å². The van der Waals surface area contributed by atoms with Crippen LogP contribution in [0, 0.1) is 0 Å². The molecule has 2 aromatic heterocycles. The van der Waals surface area contributed by atoms with Crippen LogP contribution in [0.2, 0.25) is 0 Å². The van der Waals surface area contributed by atoms with Crippen molar-refractivity contribution in [3.05, 3.63) is 445 Å². The van der Waals surface area contributed by atoms with E-state index in [1.807, 2.05) is 47.8 Å². The highest BCUT2D eigenvalue weighted by molar-refractivity contribution is 8.00. The molecule has 1 unspecified atom stereocenters. The van der Waals surface area contributed by atoms with Gasteiger partial charge in [0.15, 0.2) is 11.6 Å². The van der Waals surface area contributed by atoms with Gasteiger partial charge in [-0.1, -0.05) is 406 Å². The van der Waals surface area contributed by atoms with E-state index in [2.05, 4.69) is 376 Å². The second-order valence-corrected chi connectivity index (χ2v) is 32.9. The molecule has 24 rings (SSSR count). The normalized spacial score (nSPS) is 14.2. The van der Waals surface area contributed by atoms with Gasteiger partial charge in [-0.25, -0.2) is 19.9 Å². The van der Waals surface area contributed by atoms with E-state index in [0.29, 0.717) is 11.6 Å². The molecule has 0 saturated heterocycles. The largest absolute Gasteiger partial charge is 0.228 e. The van der Waals surface area contributed by atoms with E-state index >= 15 is 0 Å². The molecule has 0 bridgehead atoms. The smallest absolute Gasteiger partial charge is 0.160 e. The molecule has 0 saturated carbocycles. The first kappa shape index (κ1) is 66.5. The van der Waals surface area contributed by atoms with Crippen molar-refractivity contribution in [2.45, 2.75) is 30.4 Å². The van der Waals surface area contributed by atoms with Crippen molar-refractivity contribution in [2.24, 2.45) is 0 Å². The fourth-order valence-electron chi connectivity index (χ4n) is 19.6. The molecule has 4 heterocycles. The highest BCUT2D eigenvalue weighted by Gasteiger charge is 2.53. The number of rotatable bonds is 9. The molecule has 4 nitrogen and oxygen atoms in total. The van der Waals surface area contributed by atoms with Crippen LogP contribution in [0.25, 0.3) is 167 Å². The van der Waals surface area contributed by atoms with Gasteiger partial charge in [-0.2, -0.15) is 0 Å². The second kappa shape index (κ2) is 26.2. The molecule has 20 aromatic rings. The second-order valence-electron chi connectivity index (χ2n) is 30.9. The van der Waals surface area contributed by atoms with E-state index in [4.69, 9.17) is 19.9 Å². The maximum absolute atomic E-state index is 5.47. The van der Waals surface area contributed by atoms with Crippen LogP contribution in [0.5, 0.6) is 0 Å². The minimum absolute atomic E-state index is 0.555. The third-order valence-corrected chi connectivity index (χ3v) is 27.4. The average Bonchev–Trinajstić information content (AvgIpc) is 1.47. The minimum atomic E-state index is -0.644. The van der Waals surface area contributed by atoms with Crippen molar-refractivity contribution in [1.82, 2.24) is 19.9 Å². The fourth-order valence-corrected chi connectivity index (χ4v) is 22.5. The van der Waals surface area contributed by atoms with Crippen LogP contribution >= 0.6 is 23.5 Å². The van der Waals surface area contributed by atoms with Gasteiger partial charge in [0.2, 0.25) is 0 Å². The third-order valence-electron chi connectivity index (χ3n) is 24.9. The van der Waals surface area contributed by atoms with Crippen molar-refractivity contribution < 1.29 is 0 Å². The summed E-state index contributed by atoms with van der Waals surface area (Å²) in [5.74, 6) is 1.37. The quantitative estimate of drug-likeness (QED) is 0.144. The van der Waals surface area contributed by atoms with Crippen LogP contribution in [0.15, 0.2) is 420 Å². The van der Waals surface area contributed by atoms with E-state index in [0.717, 1.165) is 78.4 Å². The summed E-state index contributed by atoms with van der Waals surface area (Å²) in [6.07, 6.45) is 0. The summed E-state index contributed by atoms with van der Waals surface area (Å²) < 4.78 is 0. The Balaban J connectivity index is 0.595. The first-order valence-electron chi connectivity index (χ1n) is 39.7. The summed E-state index contributed by atoms with van der Waals surface area (Å²) in [4.78, 5) is 26.4. The Morgan fingerprint density at radius 2 is 0.457 bits per heavy atom. The Hall–Kier alpha value is -14.1. The number of hydrogen-bond donors (Lipinski definition) is 0. The molecule has 18 aromatic carbocycles. The number of nitrogens with zero attached hydrogens (tertiary/aromatic N) is 4. The van der Waals surface area contributed by atoms with Crippen LogP contribution in [0.1, 0.15) is 44.5 Å². The lowest BCUT2D eigenvalue weighted by atomic mass is 9.66. The van der Waals surface area contributed by atoms with Crippen molar-refractivity contribution in [3.63, 3.8) is 0 Å². The van der Waals surface area contributed by atoms with E-state index in [1.165, 1.54) is 141 Å².